The van der Waals surface area contributed by atoms with E-state index in [0.29, 0.717) is 0 Å². The maximum absolute atomic E-state index is 13.2. The van der Waals surface area contributed by atoms with Gasteiger partial charge in [-0.25, -0.2) is 22.5 Å². The molecule has 0 spiro atoms. The highest BCUT2D eigenvalue weighted by molar-refractivity contribution is 7.89. The Morgan fingerprint density at radius 3 is 2.69 bits per heavy atom. The monoisotopic (exact) mass is 248 g/mol. The van der Waals surface area contributed by atoms with Crippen molar-refractivity contribution < 1.29 is 17.9 Å². The summed E-state index contributed by atoms with van der Waals surface area (Å²) in [4.78, 5) is 3.46. The third kappa shape index (κ3) is 2.97. The molecule has 0 aliphatic carbocycles. The van der Waals surface area contributed by atoms with Gasteiger partial charge in [-0.05, 0) is 26.0 Å². The van der Waals surface area contributed by atoms with Crippen molar-refractivity contribution in [1.82, 2.24) is 9.71 Å². The Morgan fingerprint density at radius 2 is 2.19 bits per heavy atom. The van der Waals surface area contributed by atoms with Gasteiger partial charge in [0.25, 0.3) is 10.0 Å². The van der Waals surface area contributed by atoms with Gasteiger partial charge in [-0.15, -0.1) is 0 Å². The van der Waals surface area contributed by atoms with Crippen molar-refractivity contribution in [3.8, 4) is 0 Å². The molecule has 1 aromatic rings. The predicted octanol–water partition coefficient (Wildman–Crippen LogP) is 0.270. The number of hydrogen-bond donors (Lipinski definition) is 2. The van der Waals surface area contributed by atoms with Gasteiger partial charge in [0.1, 0.15) is 0 Å². The number of nitrogens with one attached hydrogen (secondary N) is 1. The fourth-order valence-electron chi connectivity index (χ4n) is 1.01. The first kappa shape index (κ1) is 13.0. The lowest BCUT2D eigenvalue weighted by atomic mass is 10.1. The van der Waals surface area contributed by atoms with E-state index in [1.165, 1.54) is 26.1 Å². The number of nitrogens with zero attached hydrogens (tertiary/aromatic N) is 1. The number of rotatable bonds is 4. The maximum Gasteiger partial charge on any atom is 0.261 e. The van der Waals surface area contributed by atoms with Crippen LogP contribution in [0.2, 0.25) is 0 Å². The van der Waals surface area contributed by atoms with Gasteiger partial charge in [0.2, 0.25) is 5.03 Å². The SMILES string of the molecule is CC(C)(CO)NS(=O)(=O)c1ncccc1F. The molecule has 7 heteroatoms. The van der Waals surface area contributed by atoms with Gasteiger partial charge < -0.3 is 5.11 Å². The second-order valence-electron chi connectivity index (χ2n) is 3.94. The first-order chi connectivity index (χ1) is 7.28. The molecule has 0 atom stereocenters. The summed E-state index contributed by atoms with van der Waals surface area (Å²) < 4.78 is 38.8. The van der Waals surface area contributed by atoms with E-state index in [1.54, 1.807) is 0 Å². The molecule has 0 bridgehead atoms. The lowest BCUT2D eigenvalue weighted by Crippen LogP contribution is -2.46. The molecule has 0 unspecified atom stereocenters. The number of hydrogen-bond acceptors (Lipinski definition) is 4. The summed E-state index contributed by atoms with van der Waals surface area (Å²) >= 11 is 0. The molecule has 0 aromatic carbocycles. The molecule has 0 fully saturated rings. The normalized spacial score (nSPS) is 12.8. The summed E-state index contributed by atoms with van der Waals surface area (Å²) in [6, 6.07) is 2.30. The molecule has 0 saturated carbocycles. The van der Waals surface area contributed by atoms with Crippen LogP contribution in [0.5, 0.6) is 0 Å². The first-order valence-corrected chi connectivity index (χ1v) is 6.02. The lowest BCUT2D eigenvalue weighted by molar-refractivity contribution is 0.208. The van der Waals surface area contributed by atoms with Crippen LogP contribution in [0.25, 0.3) is 0 Å². The van der Waals surface area contributed by atoms with Crippen LogP contribution >= 0.6 is 0 Å². The Balaban J connectivity index is 3.09. The quantitative estimate of drug-likeness (QED) is 0.801. The van der Waals surface area contributed by atoms with Gasteiger partial charge in [0, 0.05) is 6.20 Å². The molecule has 1 aromatic heterocycles. The van der Waals surface area contributed by atoms with E-state index >= 15 is 0 Å². The van der Waals surface area contributed by atoms with E-state index in [2.05, 4.69) is 9.71 Å². The van der Waals surface area contributed by atoms with Crippen LogP contribution < -0.4 is 4.72 Å². The molecule has 0 saturated heterocycles. The highest BCUT2D eigenvalue weighted by Crippen LogP contribution is 2.13. The standard InChI is InChI=1S/C9H13FN2O3S/c1-9(2,6-13)12-16(14,15)8-7(10)4-3-5-11-8/h3-5,12-13H,6H2,1-2H3. The van der Waals surface area contributed by atoms with Gasteiger partial charge in [-0.1, -0.05) is 0 Å². The van der Waals surface area contributed by atoms with E-state index in [4.69, 9.17) is 5.11 Å². The largest absolute Gasteiger partial charge is 0.394 e. The van der Waals surface area contributed by atoms with Crippen LogP contribution in [0.4, 0.5) is 4.39 Å². The second kappa shape index (κ2) is 4.44. The number of halogens is 1. The molecule has 0 aliphatic rings. The Bertz CT molecular complexity index is 473. The molecule has 1 rings (SSSR count). The van der Waals surface area contributed by atoms with Gasteiger partial charge in [0.15, 0.2) is 5.82 Å². The van der Waals surface area contributed by atoms with E-state index in [1.807, 2.05) is 0 Å². The van der Waals surface area contributed by atoms with Crippen molar-refractivity contribution >= 4 is 10.0 Å². The number of aliphatic hydroxyl groups excluding tert-OH is 1. The van der Waals surface area contributed by atoms with Crippen molar-refractivity contribution in [1.29, 1.82) is 0 Å². The van der Waals surface area contributed by atoms with Crippen LogP contribution in [0.3, 0.4) is 0 Å². The molecule has 1 heterocycles. The molecule has 90 valence electrons. The minimum atomic E-state index is -4.06. The van der Waals surface area contributed by atoms with Crippen LogP contribution in [-0.4, -0.2) is 30.7 Å². The summed E-state index contributed by atoms with van der Waals surface area (Å²) in [6.45, 7) is 2.55. The zero-order chi connectivity index (χ0) is 12.4. The number of sulfonamides is 1. The van der Waals surface area contributed by atoms with Crippen LogP contribution in [0.15, 0.2) is 23.4 Å². The number of aromatic nitrogens is 1. The fourth-order valence-corrected chi connectivity index (χ4v) is 2.43. The van der Waals surface area contributed by atoms with E-state index in [9.17, 15) is 12.8 Å². The molecule has 0 radical (unpaired) electrons. The molecular weight excluding hydrogens is 235 g/mol. The summed E-state index contributed by atoms with van der Waals surface area (Å²) in [5.74, 6) is -0.927. The van der Waals surface area contributed by atoms with Crippen molar-refractivity contribution in [3.63, 3.8) is 0 Å². The molecular formula is C9H13FN2O3S. The summed E-state index contributed by atoms with van der Waals surface area (Å²) in [7, 11) is -4.06. The Kier molecular flexibility index (Phi) is 3.61. The predicted molar refractivity (Wildman–Crippen MR) is 55.7 cm³/mol. The molecule has 16 heavy (non-hydrogen) atoms. The minimum Gasteiger partial charge on any atom is -0.394 e. The van der Waals surface area contributed by atoms with Gasteiger partial charge >= 0.3 is 0 Å². The van der Waals surface area contributed by atoms with Crippen molar-refractivity contribution in [2.24, 2.45) is 0 Å². The minimum absolute atomic E-state index is 0.402. The van der Waals surface area contributed by atoms with E-state index < -0.39 is 33.0 Å². The highest BCUT2D eigenvalue weighted by atomic mass is 32.2. The summed E-state index contributed by atoms with van der Waals surface area (Å²) in [5, 5.41) is 8.26. The average molecular weight is 248 g/mol. The summed E-state index contributed by atoms with van der Waals surface area (Å²) in [6.07, 6.45) is 1.18. The van der Waals surface area contributed by atoms with Gasteiger partial charge in [-0.3, -0.25) is 0 Å². The lowest BCUT2D eigenvalue weighted by Gasteiger charge is -2.22. The van der Waals surface area contributed by atoms with Crippen LogP contribution in [-0.2, 0) is 10.0 Å². The van der Waals surface area contributed by atoms with Crippen molar-refractivity contribution in [2.75, 3.05) is 6.61 Å². The topological polar surface area (TPSA) is 79.3 Å². The third-order valence-electron chi connectivity index (χ3n) is 1.79. The van der Waals surface area contributed by atoms with Gasteiger partial charge in [-0.2, -0.15) is 0 Å². The Hall–Kier alpha value is -1.05. The highest BCUT2D eigenvalue weighted by Gasteiger charge is 2.28. The van der Waals surface area contributed by atoms with E-state index in [0.717, 1.165) is 6.07 Å². The Morgan fingerprint density at radius 1 is 1.56 bits per heavy atom. The first-order valence-electron chi connectivity index (χ1n) is 4.54. The molecule has 0 amide bonds. The zero-order valence-corrected chi connectivity index (χ0v) is 9.75. The third-order valence-corrected chi connectivity index (χ3v) is 3.42. The smallest absolute Gasteiger partial charge is 0.261 e. The van der Waals surface area contributed by atoms with Gasteiger partial charge in [0.05, 0.1) is 12.1 Å². The number of pyridine rings is 1. The Labute approximate surface area is 93.4 Å². The van der Waals surface area contributed by atoms with Crippen molar-refractivity contribution in [3.05, 3.63) is 24.1 Å². The number of aliphatic hydroxyl groups is 1. The fraction of sp³-hybridized carbons (Fsp3) is 0.444. The average Bonchev–Trinajstić information content (AvgIpc) is 2.16. The second-order valence-corrected chi connectivity index (χ2v) is 5.54. The maximum atomic E-state index is 13.2. The summed E-state index contributed by atoms with van der Waals surface area (Å²) in [5.41, 5.74) is -1.07. The zero-order valence-electron chi connectivity index (χ0n) is 8.94. The van der Waals surface area contributed by atoms with Crippen LogP contribution in [0, 0.1) is 5.82 Å². The molecule has 0 aliphatic heterocycles. The molecule has 2 N–H and O–H groups in total. The van der Waals surface area contributed by atoms with E-state index in [-0.39, 0.29) is 0 Å². The molecule has 5 nitrogen and oxygen atoms in total. The van der Waals surface area contributed by atoms with Crippen LogP contribution in [0.1, 0.15) is 13.8 Å². The van der Waals surface area contributed by atoms with Crippen molar-refractivity contribution in [2.45, 2.75) is 24.4 Å².